The van der Waals surface area contributed by atoms with Gasteiger partial charge in [0, 0.05) is 11.3 Å². The molecular formula is C8H17NS. The van der Waals surface area contributed by atoms with Crippen LogP contribution in [-0.4, -0.2) is 16.5 Å². The third-order valence-electron chi connectivity index (χ3n) is 1.89. The molecule has 1 rings (SSSR count). The fraction of sp³-hybridized carbons (Fsp3) is 1.00. The van der Waals surface area contributed by atoms with Gasteiger partial charge in [0.25, 0.3) is 0 Å². The summed E-state index contributed by atoms with van der Waals surface area (Å²) < 4.78 is 0. The van der Waals surface area contributed by atoms with Crippen molar-refractivity contribution in [3.8, 4) is 0 Å². The Labute approximate surface area is 67.8 Å². The highest BCUT2D eigenvalue weighted by molar-refractivity contribution is 8.00. The molecule has 2 unspecified atom stereocenters. The lowest BCUT2D eigenvalue weighted by Gasteiger charge is -2.11. The Morgan fingerprint density at radius 3 is 2.50 bits per heavy atom. The maximum absolute atomic E-state index is 5.79. The van der Waals surface area contributed by atoms with E-state index in [1.807, 2.05) is 0 Å². The summed E-state index contributed by atoms with van der Waals surface area (Å²) in [6, 6.07) is 0.497. The molecule has 0 bridgehead atoms. The fourth-order valence-electron chi connectivity index (χ4n) is 1.48. The Morgan fingerprint density at radius 1 is 1.40 bits per heavy atom. The largest absolute Gasteiger partial charge is 0.328 e. The Kier molecular flexibility index (Phi) is 3.05. The average Bonchev–Trinajstić information content (AvgIpc) is 2.13. The van der Waals surface area contributed by atoms with Crippen molar-refractivity contribution >= 4 is 11.8 Å². The summed E-state index contributed by atoms with van der Waals surface area (Å²) in [5.74, 6) is 0. The Hall–Kier alpha value is 0.310. The highest BCUT2D eigenvalue weighted by Gasteiger charge is 2.22. The van der Waals surface area contributed by atoms with Crippen LogP contribution in [-0.2, 0) is 0 Å². The highest BCUT2D eigenvalue weighted by Crippen LogP contribution is 2.31. The van der Waals surface area contributed by atoms with Gasteiger partial charge in [0.2, 0.25) is 0 Å². The first-order valence-corrected chi connectivity index (χ1v) is 5.04. The molecule has 0 saturated heterocycles. The number of hydrogen-bond acceptors (Lipinski definition) is 2. The summed E-state index contributed by atoms with van der Waals surface area (Å²) in [6.07, 6.45) is 3.82. The zero-order valence-corrected chi connectivity index (χ0v) is 7.66. The van der Waals surface area contributed by atoms with Gasteiger partial charge >= 0.3 is 0 Å². The van der Waals surface area contributed by atoms with Crippen molar-refractivity contribution in [3.63, 3.8) is 0 Å². The van der Waals surface area contributed by atoms with Gasteiger partial charge in [-0.25, -0.2) is 0 Å². The minimum atomic E-state index is 0.497. The molecule has 0 amide bonds. The van der Waals surface area contributed by atoms with Crippen molar-refractivity contribution in [1.29, 1.82) is 0 Å². The van der Waals surface area contributed by atoms with E-state index in [0.29, 0.717) is 6.04 Å². The maximum atomic E-state index is 5.79. The summed E-state index contributed by atoms with van der Waals surface area (Å²) in [7, 11) is 0. The highest BCUT2D eigenvalue weighted by atomic mass is 32.2. The lowest BCUT2D eigenvalue weighted by molar-refractivity contribution is 0.705. The zero-order chi connectivity index (χ0) is 7.56. The smallest absolute Gasteiger partial charge is 0.00649 e. The lowest BCUT2D eigenvalue weighted by Crippen LogP contribution is -2.15. The van der Waals surface area contributed by atoms with E-state index in [0.717, 1.165) is 10.5 Å². The molecule has 0 aromatic heterocycles. The number of thioether (sulfide) groups is 1. The van der Waals surface area contributed by atoms with Crippen LogP contribution in [0.4, 0.5) is 0 Å². The zero-order valence-electron chi connectivity index (χ0n) is 6.84. The van der Waals surface area contributed by atoms with Crippen LogP contribution in [0.3, 0.4) is 0 Å². The molecule has 2 atom stereocenters. The van der Waals surface area contributed by atoms with Crippen molar-refractivity contribution in [2.75, 3.05) is 0 Å². The van der Waals surface area contributed by atoms with E-state index in [9.17, 15) is 0 Å². The van der Waals surface area contributed by atoms with Crippen LogP contribution >= 0.6 is 11.8 Å². The minimum Gasteiger partial charge on any atom is -0.328 e. The van der Waals surface area contributed by atoms with Crippen LogP contribution in [0.25, 0.3) is 0 Å². The van der Waals surface area contributed by atoms with Gasteiger partial charge in [0.05, 0.1) is 0 Å². The van der Waals surface area contributed by atoms with Crippen molar-refractivity contribution in [1.82, 2.24) is 0 Å². The summed E-state index contributed by atoms with van der Waals surface area (Å²) in [6.45, 7) is 4.52. The summed E-state index contributed by atoms with van der Waals surface area (Å²) in [5.41, 5.74) is 5.79. The van der Waals surface area contributed by atoms with E-state index in [1.165, 1.54) is 19.3 Å². The van der Waals surface area contributed by atoms with E-state index >= 15 is 0 Å². The molecule has 1 nitrogen and oxygen atoms in total. The van der Waals surface area contributed by atoms with Crippen LogP contribution in [0.2, 0.25) is 0 Å². The van der Waals surface area contributed by atoms with Gasteiger partial charge in [0.15, 0.2) is 0 Å². The van der Waals surface area contributed by atoms with Crippen molar-refractivity contribution < 1.29 is 0 Å². The molecule has 1 fully saturated rings. The first-order chi connectivity index (χ1) is 4.68. The van der Waals surface area contributed by atoms with Gasteiger partial charge in [0.1, 0.15) is 0 Å². The molecule has 0 aliphatic heterocycles. The molecule has 2 heteroatoms. The van der Waals surface area contributed by atoms with Crippen LogP contribution in [0.15, 0.2) is 0 Å². The van der Waals surface area contributed by atoms with Gasteiger partial charge in [-0.1, -0.05) is 13.8 Å². The number of nitrogens with two attached hydrogens (primary N) is 1. The Morgan fingerprint density at radius 2 is 2.10 bits per heavy atom. The molecule has 0 radical (unpaired) electrons. The summed E-state index contributed by atoms with van der Waals surface area (Å²) >= 11 is 2.09. The molecule has 0 heterocycles. The topological polar surface area (TPSA) is 26.0 Å². The van der Waals surface area contributed by atoms with Crippen LogP contribution < -0.4 is 5.73 Å². The van der Waals surface area contributed by atoms with Gasteiger partial charge in [-0.15, -0.1) is 0 Å². The SMILES string of the molecule is CC(C)SC1CCC(N)C1. The van der Waals surface area contributed by atoms with Gasteiger partial charge in [-0.3, -0.25) is 0 Å². The molecule has 0 aromatic rings. The predicted octanol–water partition coefficient (Wildman–Crippen LogP) is 2.01. The standard InChI is InChI=1S/C8H17NS/c1-6(2)10-8-4-3-7(9)5-8/h6-8H,3-5,9H2,1-2H3. The normalized spacial score (nSPS) is 33.6. The molecule has 60 valence electrons. The summed E-state index contributed by atoms with van der Waals surface area (Å²) in [5, 5.41) is 1.63. The van der Waals surface area contributed by atoms with Crippen molar-refractivity contribution in [2.24, 2.45) is 5.73 Å². The number of hydrogen-bond donors (Lipinski definition) is 1. The average molecular weight is 159 g/mol. The molecule has 0 spiro atoms. The molecular weight excluding hydrogens is 142 g/mol. The van der Waals surface area contributed by atoms with Crippen LogP contribution in [0, 0.1) is 0 Å². The van der Waals surface area contributed by atoms with Crippen LogP contribution in [0.1, 0.15) is 33.1 Å². The summed E-state index contributed by atoms with van der Waals surface area (Å²) in [4.78, 5) is 0. The van der Waals surface area contributed by atoms with E-state index in [1.54, 1.807) is 0 Å². The predicted molar refractivity (Wildman–Crippen MR) is 48.3 cm³/mol. The monoisotopic (exact) mass is 159 g/mol. The second-order valence-electron chi connectivity index (χ2n) is 3.38. The molecule has 2 N–H and O–H groups in total. The van der Waals surface area contributed by atoms with Gasteiger partial charge in [-0.05, 0) is 24.5 Å². The first kappa shape index (κ1) is 8.41. The fourth-order valence-corrected chi connectivity index (χ4v) is 2.88. The lowest BCUT2D eigenvalue weighted by atomic mass is 10.3. The van der Waals surface area contributed by atoms with E-state index in [-0.39, 0.29) is 0 Å². The third kappa shape index (κ3) is 2.51. The van der Waals surface area contributed by atoms with E-state index in [2.05, 4.69) is 25.6 Å². The third-order valence-corrected chi connectivity index (χ3v) is 3.25. The number of rotatable bonds is 2. The Balaban J connectivity index is 2.18. The molecule has 1 saturated carbocycles. The molecule has 1 aliphatic rings. The van der Waals surface area contributed by atoms with Crippen molar-refractivity contribution in [3.05, 3.63) is 0 Å². The van der Waals surface area contributed by atoms with E-state index < -0.39 is 0 Å². The minimum absolute atomic E-state index is 0.497. The second-order valence-corrected chi connectivity index (χ2v) is 5.26. The van der Waals surface area contributed by atoms with Crippen molar-refractivity contribution in [2.45, 2.75) is 49.7 Å². The Bertz CT molecular complexity index is 103. The van der Waals surface area contributed by atoms with Crippen LogP contribution in [0.5, 0.6) is 0 Å². The second kappa shape index (κ2) is 3.63. The quantitative estimate of drug-likeness (QED) is 0.667. The molecule has 1 aliphatic carbocycles. The first-order valence-electron chi connectivity index (χ1n) is 4.09. The maximum Gasteiger partial charge on any atom is 0.00649 e. The van der Waals surface area contributed by atoms with Gasteiger partial charge < -0.3 is 5.73 Å². The molecule has 10 heavy (non-hydrogen) atoms. The molecule has 0 aromatic carbocycles. The van der Waals surface area contributed by atoms with Gasteiger partial charge in [-0.2, -0.15) is 11.8 Å². The van der Waals surface area contributed by atoms with E-state index in [4.69, 9.17) is 5.73 Å².